The first-order valence-electron chi connectivity index (χ1n) is 8.57. The molecule has 0 aliphatic carbocycles. The number of hydrogen-bond donors (Lipinski definition) is 1. The molecule has 0 atom stereocenters. The predicted octanol–water partition coefficient (Wildman–Crippen LogP) is 4.04. The Kier molecular flexibility index (Phi) is 4.95. The van der Waals surface area contributed by atoms with Gasteiger partial charge in [-0.05, 0) is 35.9 Å². The highest BCUT2D eigenvalue weighted by Crippen LogP contribution is 2.22. The summed E-state index contributed by atoms with van der Waals surface area (Å²) in [4.78, 5) is 17.7. The van der Waals surface area contributed by atoms with Gasteiger partial charge in [0.05, 0.1) is 17.3 Å². The van der Waals surface area contributed by atoms with Crippen LogP contribution in [0.4, 0.5) is 5.13 Å². The SMILES string of the molecule is N#Cc1ccc(Cc2cnc(NC(=O)c3ccn(-c4ccccc4)n3)s2)cc1. The number of para-hydroxylation sites is 1. The van der Waals surface area contributed by atoms with Gasteiger partial charge >= 0.3 is 0 Å². The Bertz CT molecular complexity index is 1140. The highest BCUT2D eigenvalue weighted by Gasteiger charge is 2.13. The van der Waals surface area contributed by atoms with Crippen LogP contribution in [0.25, 0.3) is 5.69 Å². The fraction of sp³-hybridized carbons (Fsp3) is 0.0476. The second-order valence-electron chi connectivity index (χ2n) is 6.05. The summed E-state index contributed by atoms with van der Waals surface area (Å²) < 4.78 is 1.66. The highest BCUT2D eigenvalue weighted by atomic mass is 32.1. The van der Waals surface area contributed by atoms with E-state index in [0.717, 1.165) is 16.1 Å². The fourth-order valence-electron chi connectivity index (χ4n) is 2.68. The van der Waals surface area contributed by atoms with Gasteiger partial charge in [-0.2, -0.15) is 10.4 Å². The van der Waals surface area contributed by atoms with E-state index in [4.69, 9.17) is 5.26 Å². The molecule has 0 spiro atoms. The molecule has 0 aliphatic rings. The lowest BCUT2D eigenvalue weighted by Crippen LogP contribution is -2.12. The molecule has 0 bridgehead atoms. The fourth-order valence-corrected chi connectivity index (χ4v) is 3.52. The lowest BCUT2D eigenvalue weighted by molar-refractivity contribution is 0.102. The molecule has 0 radical (unpaired) electrons. The number of benzene rings is 2. The third-order valence-electron chi connectivity index (χ3n) is 4.08. The first-order valence-corrected chi connectivity index (χ1v) is 9.39. The summed E-state index contributed by atoms with van der Waals surface area (Å²) in [6, 6.07) is 20.8. The second-order valence-corrected chi connectivity index (χ2v) is 7.17. The summed E-state index contributed by atoms with van der Waals surface area (Å²) in [5.41, 5.74) is 2.94. The Balaban J connectivity index is 1.41. The van der Waals surface area contributed by atoms with Crippen LogP contribution in [0.5, 0.6) is 0 Å². The molecule has 0 fully saturated rings. The van der Waals surface area contributed by atoms with Crippen LogP contribution in [0.2, 0.25) is 0 Å². The van der Waals surface area contributed by atoms with Crippen LogP contribution < -0.4 is 5.32 Å². The van der Waals surface area contributed by atoms with Crippen molar-refractivity contribution in [2.75, 3.05) is 5.32 Å². The van der Waals surface area contributed by atoms with Crippen molar-refractivity contribution in [2.45, 2.75) is 6.42 Å². The molecule has 1 amide bonds. The molecule has 28 heavy (non-hydrogen) atoms. The number of anilines is 1. The Labute approximate surface area is 165 Å². The molecule has 6 nitrogen and oxygen atoms in total. The Morgan fingerprint density at radius 2 is 1.89 bits per heavy atom. The van der Waals surface area contributed by atoms with Crippen molar-refractivity contribution in [1.82, 2.24) is 14.8 Å². The van der Waals surface area contributed by atoms with Gasteiger partial charge in [0.15, 0.2) is 10.8 Å². The van der Waals surface area contributed by atoms with Gasteiger partial charge in [0.2, 0.25) is 0 Å². The summed E-state index contributed by atoms with van der Waals surface area (Å²) in [6.45, 7) is 0. The number of nitrogens with zero attached hydrogens (tertiary/aromatic N) is 4. The van der Waals surface area contributed by atoms with Crippen molar-refractivity contribution in [3.8, 4) is 11.8 Å². The van der Waals surface area contributed by atoms with Crippen LogP contribution >= 0.6 is 11.3 Å². The van der Waals surface area contributed by atoms with Crippen LogP contribution in [-0.4, -0.2) is 20.7 Å². The molecule has 136 valence electrons. The van der Waals surface area contributed by atoms with E-state index in [1.807, 2.05) is 42.5 Å². The zero-order valence-corrected chi connectivity index (χ0v) is 15.6. The molecule has 1 N–H and O–H groups in total. The number of carbonyl (C=O) groups excluding carboxylic acids is 1. The molecule has 0 aliphatic heterocycles. The Morgan fingerprint density at radius 1 is 1.11 bits per heavy atom. The van der Waals surface area contributed by atoms with E-state index in [9.17, 15) is 4.79 Å². The largest absolute Gasteiger partial charge is 0.296 e. The number of aromatic nitrogens is 3. The van der Waals surface area contributed by atoms with Gasteiger partial charge in [-0.25, -0.2) is 9.67 Å². The lowest BCUT2D eigenvalue weighted by Gasteiger charge is -2.00. The zero-order chi connectivity index (χ0) is 19.3. The number of thiazole rings is 1. The molecule has 0 unspecified atom stereocenters. The number of nitrogens with one attached hydrogen (secondary N) is 1. The molecule has 2 aromatic heterocycles. The van der Waals surface area contributed by atoms with Crippen LogP contribution in [0, 0.1) is 11.3 Å². The minimum atomic E-state index is -0.297. The monoisotopic (exact) mass is 385 g/mol. The van der Waals surface area contributed by atoms with Crippen molar-refractivity contribution >= 4 is 22.4 Å². The van der Waals surface area contributed by atoms with Gasteiger partial charge < -0.3 is 0 Å². The summed E-state index contributed by atoms with van der Waals surface area (Å²) in [7, 11) is 0. The molecular formula is C21H15N5OS. The highest BCUT2D eigenvalue weighted by molar-refractivity contribution is 7.15. The first-order chi connectivity index (χ1) is 13.7. The molecule has 2 aromatic carbocycles. The third-order valence-corrected chi connectivity index (χ3v) is 4.99. The van der Waals surface area contributed by atoms with Crippen molar-refractivity contribution in [1.29, 1.82) is 5.26 Å². The molecule has 7 heteroatoms. The topological polar surface area (TPSA) is 83.6 Å². The van der Waals surface area contributed by atoms with Gasteiger partial charge in [-0.15, -0.1) is 11.3 Å². The summed E-state index contributed by atoms with van der Waals surface area (Å²) >= 11 is 1.42. The van der Waals surface area contributed by atoms with E-state index in [-0.39, 0.29) is 5.91 Å². The first kappa shape index (κ1) is 17.6. The normalized spacial score (nSPS) is 10.4. The minimum Gasteiger partial charge on any atom is -0.296 e. The molecule has 0 saturated carbocycles. The quantitative estimate of drug-likeness (QED) is 0.562. The van der Waals surface area contributed by atoms with Gasteiger partial charge in [-0.3, -0.25) is 10.1 Å². The maximum absolute atomic E-state index is 12.4. The Hall–Kier alpha value is -3.76. The third kappa shape index (κ3) is 3.98. The number of hydrogen-bond acceptors (Lipinski definition) is 5. The van der Waals surface area contributed by atoms with E-state index in [2.05, 4.69) is 21.5 Å². The van der Waals surface area contributed by atoms with E-state index in [1.54, 1.807) is 35.3 Å². The van der Waals surface area contributed by atoms with Crippen molar-refractivity contribution in [3.05, 3.63) is 94.8 Å². The van der Waals surface area contributed by atoms with Gasteiger partial charge in [0, 0.05) is 23.7 Å². The number of rotatable bonds is 5. The second kappa shape index (κ2) is 7.86. The maximum atomic E-state index is 12.4. The predicted molar refractivity (Wildman–Crippen MR) is 108 cm³/mol. The average molecular weight is 385 g/mol. The van der Waals surface area contributed by atoms with Crippen LogP contribution in [0.3, 0.4) is 0 Å². The Morgan fingerprint density at radius 3 is 2.64 bits per heavy atom. The standard InChI is InChI=1S/C21H15N5OS/c22-13-16-8-6-15(7-9-16)12-18-14-23-21(28-18)24-20(27)19-10-11-26(25-19)17-4-2-1-3-5-17/h1-11,14H,12H2,(H,23,24,27). The zero-order valence-electron chi connectivity index (χ0n) is 14.7. The number of nitriles is 1. The van der Waals surface area contributed by atoms with Crippen LogP contribution in [0.15, 0.2) is 73.1 Å². The summed E-state index contributed by atoms with van der Waals surface area (Å²) in [6.07, 6.45) is 4.20. The number of amides is 1. The van der Waals surface area contributed by atoms with Crippen LogP contribution in [-0.2, 0) is 6.42 Å². The summed E-state index contributed by atoms with van der Waals surface area (Å²) in [5.74, 6) is -0.297. The van der Waals surface area contributed by atoms with Gasteiger partial charge in [-0.1, -0.05) is 30.3 Å². The molecule has 4 aromatic rings. The van der Waals surface area contributed by atoms with Gasteiger partial charge in [0.25, 0.3) is 5.91 Å². The average Bonchev–Trinajstić information content (AvgIpc) is 3.39. The van der Waals surface area contributed by atoms with Crippen molar-refractivity contribution in [2.24, 2.45) is 0 Å². The number of carbonyl (C=O) groups is 1. The molecule has 4 rings (SSSR count). The van der Waals surface area contributed by atoms with Crippen LogP contribution in [0.1, 0.15) is 26.5 Å². The molecule has 2 heterocycles. The van der Waals surface area contributed by atoms with Crippen molar-refractivity contribution in [3.63, 3.8) is 0 Å². The lowest BCUT2D eigenvalue weighted by atomic mass is 10.1. The van der Waals surface area contributed by atoms with E-state index in [0.29, 0.717) is 22.8 Å². The summed E-state index contributed by atoms with van der Waals surface area (Å²) in [5, 5.41) is 16.5. The molecular weight excluding hydrogens is 370 g/mol. The van der Waals surface area contributed by atoms with E-state index in [1.165, 1.54) is 11.3 Å². The van der Waals surface area contributed by atoms with E-state index >= 15 is 0 Å². The smallest absolute Gasteiger partial charge is 0.277 e. The minimum absolute atomic E-state index is 0.297. The molecule has 0 saturated heterocycles. The van der Waals surface area contributed by atoms with Crippen molar-refractivity contribution < 1.29 is 4.79 Å². The van der Waals surface area contributed by atoms with E-state index < -0.39 is 0 Å². The maximum Gasteiger partial charge on any atom is 0.277 e. The van der Waals surface area contributed by atoms with Gasteiger partial charge in [0.1, 0.15) is 0 Å².